The number of anilines is 1. The molecule has 2 amide bonds. The summed E-state index contributed by atoms with van der Waals surface area (Å²) in [4.78, 5) is 24.3. The number of benzene rings is 1. The van der Waals surface area contributed by atoms with Crippen molar-refractivity contribution in [2.45, 2.75) is 71.4 Å². The van der Waals surface area contributed by atoms with Crippen LogP contribution in [-0.2, 0) is 9.53 Å². The van der Waals surface area contributed by atoms with Crippen LogP contribution in [-0.4, -0.2) is 30.6 Å². The molecule has 5 nitrogen and oxygen atoms in total. The molecule has 2 N–H and O–H groups in total. The maximum Gasteiger partial charge on any atom is 0.251 e. The second-order valence-electron chi connectivity index (χ2n) is 6.89. The quantitative estimate of drug-likeness (QED) is 0.789. The zero-order valence-electron chi connectivity index (χ0n) is 15.6. The van der Waals surface area contributed by atoms with Crippen LogP contribution in [0.25, 0.3) is 0 Å². The molecule has 1 aliphatic rings. The summed E-state index contributed by atoms with van der Waals surface area (Å²) < 4.78 is 5.66. The summed E-state index contributed by atoms with van der Waals surface area (Å²) in [5, 5.41) is 5.89. The molecule has 138 valence electrons. The number of aryl methyl sites for hydroxylation is 1. The molecule has 5 heteroatoms. The molecule has 2 rings (SSSR count). The molecule has 2 atom stereocenters. The van der Waals surface area contributed by atoms with Crippen molar-refractivity contribution in [2.75, 3.05) is 11.9 Å². The van der Waals surface area contributed by atoms with Crippen molar-refractivity contribution in [1.82, 2.24) is 5.32 Å². The minimum atomic E-state index is -0.0789. The highest BCUT2D eigenvalue weighted by molar-refractivity contribution is 5.96. The third-order valence-corrected chi connectivity index (χ3v) is 4.72. The monoisotopic (exact) mass is 346 g/mol. The average Bonchev–Trinajstić information content (AvgIpc) is 2.62. The molecule has 0 bridgehead atoms. The zero-order chi connectivity index (χ0) is 18.2. The molecule has 25 heavy (non-hydrogen) atoms. The predicted molar refractivity (Wildman–Crippen MR) is 99.9 cm³/mol. The Morgan fingerprint density at radius 1 is 1.32 bits per heavy atom. The number of amides is 2. The molecular weight excluding hydrogens is 316 g/mol. The van der Waals surface area contributed by atoms with E-state index in [0.29, 0.717) is 12.0 Å². The lowest BCUT2D eigenvalue weighted by Gasteiger charge is -2.22. The fourth-order valence-corrected chi connectivity index (χ4v) is 2.89. The van der Waals surface area contributed by atoms with Gasteiger partial charge in [-0.25, -0.2) is 0 Å². The first-order chi connectivity index (χ1) is 12.0. The van der Waals surface area contributed by atoms with Crippen molar-refractivity contribution >= 4 is 17.5 Å². The second kappa shape index (κ2) is 9.56. The van der Waals surface area contributed by atoms with Gasteiger partial charge in [0.25, 0.3) is 5.91 Å². The topological polar surface area (TPSA) is 67.4 Å². The molecule has 1 saturated heterocycles. The Balaban J connectivity index is 1.87. The normalized spacial score (nSPS) is 18.4. The molecule has 0 spiro atoms. The predicted octanol–water partition coefficient (Wildman–Crippen LogP) is 3.81. The van der Waals surface area contributed by atoms with E-state index in [2.05, 4.69) is 10.6 Å². The van der Waals surface area contributed by atoms with Crippen LogP contribution in [0.5, 0.6) is 0 Å². The first-order valence-corrected chi connectivity index (χ1v) is 9.32. The molecule has 1 fully saturated rings. The van der Waals surface area contributed by atoms with Crippen molar-refractivity contribution in [3.05, 3.63) is 29.3 Å². The number of carbonyl (C=O) groups excluding carboxylic acids is 2. The van der Waals surface area contributed by atoms with E-state index >= 15 is 0 Å². The van der Waals surface area contributed by atoms with Gasteiger partial charge in [0.05, 0.1) is 6.10 Å². The van der Waals surface area contributed by atoms with Crippen LogP contribution in [0.15, 0.2) is 18.2 Å². The smallest absolute Gasteiger partial charge is 0.251 e. The van der Waals surface area contributed by atoms with Crippen LogP contribution < -0.4 is 10.6 Å². The third-order valence-electron chi connectivity index (χ3n) is 4.72. The maximum absolute atomic E-state index is 12.2. The van der Waals surface area contributed by atoms with Crippen LogP contribution in [0.1, 0.15) is 68.3 Å². The molecule has 1 heterocycles. The lowest BCUT2D eigenvalue weighted by atomic mass is 10.0. The first-order valence-electron chi connectivity index (χ1n) is 9.32. The van der Waals surface area contributed by atoms with Crippen LogP contribution in [0.2, 0.25) is 0 Å². The highest BCUT2D eigenvalue weighted by atomic mass is 16.5. The molecule has 0 unspecified atom stereocenters. The second-order valence-corrected chi connectivity index (χ2v) is 6.89. The van der Waals surface area contributed by atoms with Crippen molar-refractivity contribution in [1.29, 1.82) is 0 Å². The maximum atomic E-state index is 12.2. The van der Waals surface area contributed by atoms with Gasteiger partial charge in [0.15, 0.2) is 0 Å². The molecule has 0 aromatic heterocycles. The lowest BCUT2D eigenvalue weighted by molar-refractivity contribution is -0.117. The van der Waals surface area contributed by atoms with E-state index in [1.807, 2.05) is 26.8 Å². The van der Waals surface area contributed by atoms with Gasteiger partial charge in [0, 0.05) is 30.3 Å². The summed E-state index contributed by atoms with van der Waals surface area (Å²) in [5.41, 5.74) is 2.26. The highest BCUT2D eigenvalue weighted by Gasteiger charge is 2.16. The van der Waals surface area contributed by atoms with Gasteiger partial charge in [-0.15, -0.1) is 0 Å². The van der Waals surface area contributed by atoms with Gasteiger partial charge in [0.1, 0.15) is 0 Å². The first kappa shape index (κ1) is 19.4. The molecular formula is C20H30N2O3. The van der Waals surface area contributed by atoms with Gasteiger partial charge in [0.2, 0.25) is 5.91 Å². The van der Waals surface area contributed by atoms with E-state index in [0.717, 1.165) is 43.5 Å². The molecule has 0 radical (unpaired) electrons. The van der Waals surface area contributed by atoms with E-state index in [4.69, 9.17) is 4.74 Å². The van der Waals surface area contributed by atoms with Gasteiger partial charge in [-0.3, -0.25) is 9.59 Å². The standard InChI is InChI=1S/C20H30N2O3/c1-4-15(3)21-20(24)16-8-10-18(14(2)13-16)22-19(23)11-9-17-7-5-6-12-25-17/h8,10,13,15,17H,4-7,9,11-12H2,1-3H3,(H,21,24)(H,22,23)/t15-,17+/m1/s1. The Morgan fingerprint density at radius 3 is 2.76 bits per heavy atom. The molecule has 1 aromatic carbocycles. The Labute approximate surface area is 150 Å². The summed E-state index contributed by atoms with van der Waals surface area (Å²) in [6.07, 6.45) is 5.69. The molecule has 0 aliphatic carbocycles. The number of hydrogen-bond acceptors (Lipinski definition) is 3. The Hall–Kier alpha value is -1.88. The van der Waals surface area contributed by atoms with Crippen molar-refractivity contribution < 1.29 is 14.3 Å². The number of nitrogens with one attached hydrogen (secondary N) is 2. The van der Waals surface area contributed by atoms with E-state index in [1.54, 1.807) is 12.1 Å². The van der Waals surface area contributed by atoms with Crippen LogP contribution in [0.3, 0.4) is 0 Å². The highest BCUT2D eigenvalue weighted by Crippen LogP contribution is 2.19. The van der Waals surface area contributed by atoms with E-state index in [1.165, 1.54) is 6.42 Å². The van der Waals surface area contributed by atoms with Crippen molar-refractivity contribution in [2.24, 2.45) is 0 Å². The van der Waals surface area contributed by atoms with E-state index in [9.17, 15) is 9.59 Å². The van der Waals surface area contributed by atoms with Gasteiger partial charge in [-0.2, -0.15) is 0 Å². The SMILES string of the molecule is CC[C@@H](C)NC(=O)c1ccc(NC(=O)CC[C@@H]2CCCCO2)c(C)c1. The molecule has 0 saturated carbocycles. The van der Waals surface area contributed by atoms with Gasteiger partial charge in [-0.1, -0.05) is 6.92 Å². The minimum absolute atomic E-state index is 0.00548. The van der Waals surface area contributed by atoms with Crippen molar-refractivity contribution in [3.63, 3.8) is 0 Å². The van der Waals surface area contributed by atoms with E-state index in [-0.39, 0.29) is 24.0 Å². The summed E-state index contributed by atoms with van der Waals surface area (Å²) in [7, 11) is 0. The van der Waals surface area contributed by atoms with E-state index < -0.39 is 0 Å². The Bertz CT molecular complexity index is 595. The van der Waals surface area contributed by atoms with Crippen LogP contribution in [0, 0.1) is 6.92 Å². The average molecular weight is 346 g/mol. The Morgan fingerprint density at radius 2 is 2.12 bits per heavy atom. The van der Waals surface area contributed by atoms with Gasteiger partial charge in [-0.05, 0) is 69.7 Å². The number of rotatable bonds is 7. The number of hydrogen-bond donors (Lipinski definition) is 2. The molecule has 1 aromatic rings. The van der Waals surface area contributed by atoms with Crippen LogP contribution >= 0.6 is 0 Å². The number of ether oxygens (including phenoxy) is 1. The van der Waals surface area contributed by atoms with Crippen molar-refractivity contribution in [3.8, 4) is 0 Å². The summed E-state index contributed by atoms with van der Waals surface area (Å²) in [5.74, 6) is -0.0844. The summed E-state index contributed by atoms with van der Waals surface area (Å²) in [6.45, 7) is 6.73. The fourth-order valence-electron chi connectivity index (χ4n) is 2.89. The van der Waals surface area contributed by atoms with Gasteiger partial charge < -0.3 is 15.4 Å². The summed E-state index contributed by atoms with van der Waals surface area (Å²) >= 11 is 0. The Kier molecular flexibility index (Phi) is 7.44. The third kappa shape index (κ3) is 6.16. The minimum Gasteiger partial charge on any atom is -0.378 e. The van der Waals surface area contributed by atoms with Gasteiger partial charge >= 0.3 is 0 Å². The number of carbonyl (C=O) groups is 2. The summed E-state index contributed by atoms with van der Waals surface area (Å²) in [6, 6.07) is 5.52. The zero-order valence-corrected chi connectivity index (χ0v) is 15.6. The van der Waals surface area contributed by atoms with Crippen LogP contribution in [0.4, 0.5) is 5.69 Å². The largest absolute Gasteiger partial charge is 0.378 e. The molecule has 1 aliphatic heterocycles. The lowest BCUT2D eigenvalue weighted by Crippen LogP contribution is -2.31. The fraction of sp³-hybridized carbons (Fsp3) is 0.600.